The van der Waals surface area contributed by atoms with Crippen LogP contribution in [0.25, 0.3) is 11.3 Å². The van der Waals surface area contributed by atoms with Crippen molar-refractivity contribution in [2.75, 3.05) is 7.11 Å². The number of fused-ring (bicyclic) bond motifs is 3. The first kappa shape index (κ1) is 21.9. The predicted molar refractivity (Wildman–Crippen MR) is 125 cm³/mol. The molecule has 6 nitrogen and oxygen atoms in total. The van der Waals surface area contributed by atoms with Crippen LogP contribution in [0.1, 0.15) is 59.6 Å². The van der Waals surface area contributed by atoms with E-state index < -0.39 is 0 Å². The van der Waals surface area contributed by atoms with Gasteiger partial charge in [0.25, 0.3) is 0 Å². The van der Waals surface area contributed by atoms with Gasteiger partial charge in [-0.25, -0.2) is 9.78 Å². The van der Waals surface area contributed by atoms with Crippen LogP contribution in [-0.4, -0.2) is 39.9 Å². The Balaban J connectivity index is 1.12. The van der Waals surface area contributed by atoms with Crippen molar-refractivity contribution in [2.45, 2.75) is 57.0 Å². The highest BCUT2D eigenvalue weighted by molar-refractivity contribution is 5.89. The number of rotatable bonds is 7. The lowest BCUT2D eigenvalue weighted by atomic mass is 9.81. The first-order valence-electron chi connectivity index (χ1n) is 11.7. The monoisotopic (exact) mass is 446 g/mol. The lowest BCUT2D eigenvalue weighted by molar-refractivity contribution is -0.0160. The second-order valence-corrected chi connectivity index (χ2v) is 9.13. The first-order valence-corrected chi connectivity index (χ1v) is 11.7. The van der Waals surface area contributed by atoms with Crippen molar-refractivity contribution in [3.05, 3.63) is 77.7 Å². The molecule has 6 heteroatoms. The van der Waals surface area contributed by atoms with Gasteiger partial charge in [0.15, 0.2) is 0 Å². The SMILES string of the molecule is COC(=O)c1ccc(CO[C@H]2CC[C@H](C(O)CC3c4ccccc4-c4cncn43)CC2)cc1. The fraction of sp³-hybridized carbons (Fsp3) is 0.407. The minimum atomic E-state index is -0.344. The Morgan fingerprint density at radius 2 is 1.88 bits per heavy atom. The second kappa shape index (κ2) is 9.49. The number of hydrogen-bond donors (Lipinski definition) is 1. The van der Waals surface area contributed by atoms with Gasteiger partial charge in [-0.05, 0) is 61.3 Å². The summed E-state index contributed by atoms with van der Waals surface area (Å²) >= 11 is 0. The van der Waals surface area contributed by atoms with Crippen LogP contribution in [0.2, 0.25) is 0 Å². The summed E-state index contributed by atoms with van der Waals surface area (Å²) in [4.78, 5) is 15.9. The minimum absolute atomic E-state index is 0.149. The fourth-order valence-electron chi connectivity index (χ4n) is 5.30. The summed E-state index contributed by atoms with van der Waals surface area (Å²) in [5, 5.41) is 11.1. The molecule has 172 valence electrons. The van der Waals surface area contributed by atoms with Crippen LogP contribution < -0.4 is 0 Å². The average Bonchev–Trinajstić information content (AvgIpc) is 3.45. The molecule has 0 saturated heterocycles. The third kappa shape index (κ3) is 4.45. The van der Waals surface area contributed by atoms with Crippen molar-refractivity contribution in [1.29, 1.82) is 0 Å². The minimum Gasteiger partial charge on any atom is -0.465 e. The maximum absolute atomic E-state index is 11.6. The number of hydrogen-bond acceptors (Lipinski definition) is 5. The second-order valence-electron chi connectivity index (χ2n) is 9.13. The van der Waals surface area contributed by atoms with Crippen LogP contribution in [0.3, 0.4) is 0 Å². The van der Waals surface area contributed by atoms with Gasteiger partial charge in [-0.1, -0.05) is 36.4 Å². The highest BCUT2D eigenvalue weighted by Gasteiger charge is 2.33. The number of carbonyl (C=O) groups excluding carboxylic acids is 1. The van der Waals surface area contributed by atoms with Crippen molar-refractivity contribution in [3.8, 4) is 11.3 Å². The number of benzene rings is 2. The maximum atomic E-state index is 11.6. The normalized spacial score (nSPS) is 22.4. The molecule has 1 N–H and O–H groups in total. The smallest absolute Gasteiger partial charge is 0.337 e. The lowest BCUT2D eigenvalue weighted by Gasteiger charge is -2.32. The van der Waals surface area contributed by atoms with Crippen molar-refractivity contribution in [2.24, 2.45) is 5.92 Å². The van der Waals surface area contributed by atoms with Gasteiger partial charge in [0.1, 0.15) is 0 Å². The van der Waals surface area contributed by atoms with Crippen LogP contribution in [-0.2, 0) is 16.1 Å². The van der Waals surface area contributed by atoms with E-state index in [0.717, 1.165) is 36.9 Å². The maximum Gasteiger partial charge on any atom is 0.337 e. The van der Waals surface area contributed by atoms with Crippen LogP contribution >= 0.6 is 0 Å². The number of esters is 1. The van der Waals surface area contributed by atoms with Crippen LogP contribution in [0, 0.1) is 5.92 Å². The molecule has 1 fully saturated rings. The molecule has 3 aromatic rings. The Labute approximate surface area is 194 Å². The van der Waals surface area contributed by atoms with E-state index in [1.54, 1.807) is 12.1 Å². The van der Waals surface area contributed by atoms with Gasteiger partial charge in [0.2, 0.25) is 0 Å². The molecule has 5 rings (SSSR count). The molecule has 2 aromatic carbocycles. The van der Waals surface area contributed by atoms with Crippen LogP contribution in [0.5, 0.6) is 0 Å². The Kier molecular flexibility index (Phi) is 6.29. The highest BCUT2D eigenvalue weighted by atomic mass is 16.5. The molecule has 1 saturated carbocycles. The van der Waals surface area contributed by atoms with Crippen molar-refractivity contribution in [3.63, 3.8) is 0 Å². The summed E-state index contributed by atoms with van der Waals surface area (Å²) in [5.41, 5.74) is 5.23. The van der Waals surface area contributed by atoms with E-state index in [-0.39, 0.29) is 24.2 Å². The van der Waals surface area contributed by atoms with Gasteiger partial charge in [-0.15, -0.1) is 0 Å². The topological polar surface area (TPSA) is 73.6 Å². The molecule has 1 aliphatic carbocycles. The van der Waals surface area contributed by atoms with E-state index in [4.69, 9.17) is 9.47 Å². The summed E-state index contributed by atoms with van der Waals surface area (Å²) in [7, 11) is 1.38. The third-order valence-electron chi connectivity index (χ3n) is 7.19. The number of carbonyl (C=O) groups is 1. The van der Waals surface area contributed by atoms with E-state index in [1.807, 2.05) is 24.7 Å². The molecule has 1 aliphatic heterocycles. The number of ether oxygens (including phenoxy) is 2. The van der Waals surface area contributed by atoms with Crippen molar-refractivity contribution in [1.82, 2.24) is 9.55 Å². The number of aliphatic hydroxyl groups excluding tert-OH is 1. The molecule has 2 heterocycles. The zero-order chi connectivity index (χ0) is 22.8. The number of aliphatic hydroxyl groups is 1. The van der Waals surface area contributed by atoms with Crippen LogP contribution in [0.4, 0.5) is 0 Å². The highest BCUT2D eigenvalue weighted by Crippen LogP contribution is 2.42. The Morgan fingerprint density at radius 3 is 2.64 bits per heavy atom. The lowest BCUT2D eigenvalue weighted by Crippen LogP contribution is -2.30. The molecule has 0 radical (unpaired) electrons. The Hall–Kier alpha value is -2.96. The fourth-order valence-corrected chi connectivity index (χ4v) is 5.30. The van der Waals surface area contributed by atoms with Gasteiger partial charge in [-0.3, -0.25) is 0 Å². The molecule has 1 aromatic heterocycles. The van der Waals surface area contributed by atoms with E-state index >= 15 is 0 Å². The zero-order valence-electron chi connectivity index (χ0n) is 18.9. The number of nitrogens with zero attached hydrogens (tertiary/aromatic N) is 2. The first-order chi connectivity index (χ1) is 16.1. The number of methoxy groups -OCH3 is 1. The third-order valence-corrected chi connectivity index (χ3v) is 7.19. The van der Waals surface area contributed by atoms with E-state index in [0.29, 0.717) is 24.5 Å². The average molecular weight is 447 g/mol. The Bertz CT molecular complexity index is 1100. The molecule has 2 aliphatic rings. The van der Waals surface area contributed by atoms with Crippen molar-refractivity contribution < 1.29 is 19.4 Å². The predicted octanol–water partition coefficient (Wildman–Crippen LogP) is 4.77. The van der Waals surface area contributed by atoms with Gasteiger partial charge in [0, 0.05) is 5.56 Å². The Morgan fingerprint density at radius 1 is 1.12 bits per heavy atom. The molecular formula is C27H30N2O4. The summed E-state index contributed by atoms with van der Waals surface area (Å²) < 4.78 is 13.1. The van der Waals surface area contributed by atoms with Crippen molar-refractivity contribution >= 4 is 5.97 Å². The van der Waals surface area contributed by atoms with E-state index in [2.05, 4.69) is 33.8 Å². The number of imidazole rings is 1. The van der Waals surface area contributed by atoms with Crippen LogP contribution in [0.15, 0.2) is 61.1 Å². The summed E-state index contributed by atoms with van der Waals surface area (Å²) in [5.74, 6) is -0.0337. The molecule has 2 unspecified atom stereocenters. The molecule has 0 amide bonds. The molecular weight excluding hydrogens is 416 g/mol. The van der Waals surface area contributed by atoms with E-state index in [9.17, 15) is 9.90 Å². The summed E-state index contributed by atoms with van der Waals surface area (Å²) in [6.45, 7) is 0.529. The van der Waals surface area contributed by atoms with Gasteiger partial charge < -0.3 is 19.1 Å². The molecule has 0 bridgehead atoms. The molecule has 2 atom stereocenters. The zero-order valence-corrected chi connectivity index (χ0v) is 18.9. The standard InChI is InChI=1S/C27H30N2O4/c1-32-27(31)20-8-6-18(7-9-20)16-33-21-12-10-19(11-13-21)26(30)14-24-22-4-2-3-5-23(22)25-15-28-17-29(24)25/h2-9,15,17,19,21,24,26,30H,10-14,16H2,1H3/t19-,21-,24?,26?. The molecule has 0 spiro atoms. The quantitative estimate of drug-likeness (QED) is 0.530. The van der Waals surface area contributed by atoms with E-state index in [1.165, 1.54) is 18.2 Å². The van der Waals surface area contributed by atoms with Gasteiger partial charge in [-0.2, -0.15) is 0 Å². The number of aromatic nitrogens is 2. The molecule has 33 heavy (non-hydrogen) atoms. The summed E-state index contributed by atoms with van der Waals surface area (Å²) in [6.07, 6.45) is 8.23. The van der Waals surface area contributed by atoms with Gasteiger partial charge in [0.05, 0.1) is 55.7 Å². The largest absolute Gasteiger partial charge is 0.465 e. The van der Waals surface area contributed by atoms with Gasteiger partial charge >= 0.3 is 5.97 Å². The summed E-state index contributed by atoms with van der Waals surface area (Å²) in [6, 6.07) is 15.9.